The molecule has 3 rings (SSSR count). The maximum Gasteiger partial charge on any atom is 0.344 e. The first-order valence-electron chi connectivity index (χ1n) is 9.80. The van der Waals surface area contributed by atoms with Crippen molar-refractivity contribution in [1.82, 2.24) is 0 Å². The van der Waals surface area contributed by atoms with Crippen LogP contribution in [0.5, 0.6) is 5.75 Å². The van der Waals surface area contributed by atoms with E-state index in [4.69, 9.17) is 4.42 Å². The molecule has 3 aromatic rings. The van der Waals surface area contributed by atoms with Gasteiger partial charge in [-0.15, -0.1) is 0 Å². The van der Waals surface area contributed by atoms with Gasteiger partial charge in [-0.3, -0.25) is 4.79 Å². The average Bonchev–Trinajstić information content (AvgIpc) is 2.68. The number of Topliss-reactive ketones (excluding diaryl/α,β-unsaturated/α-hetero) is 1. The first kappa shape index (κ1) is 19.9. The third kappa shape index (κ3) is 3.72. The van der Waals surface area contributed by atoms with Crippen molar-refractivity contribution in [2.75, 3.05) is 0 Å². The zero-order valence-electron chi connectivity index (χ0n) is 16.4. The molecule has 0 aliphatic carbocycles. The molecule has 0 bridgehead atoms. The highest BCUT2D eigenvalue weighted by Crippen LogP contribution is 2.44. The molecule has 0 saturated carbocycles. The minimum atomic E-state index is -0.920. The van der Waals surface area contributed by atoms with Crippen molar-refractivity contribution in [3.8, 4) is 5.75 Å². The predicted octanol–water partition coefficient (Wildman–Crippen LogP) is 5.34. The summed E-state index contributed by atoms with van der Waals surface area (Å²) in [5, 5.41) is 11.6. The molecule has 1 unspecified atom stereocenters. The number of rotatable bonds is 8. The summed E-state index contributed by atoms with van der Waals surface area (Å²) >= 11 is 0. The van der Waals surface area contributed by atoms with Crippen molar-refractivity contribution >= 4 is 16.8 Å². The van der Waals surface area contributed by atoms with Crippen LogP contribution in [0.4, 0.5) is 0 Å². The molecule has 4 nitrogen and oxygen atoms in total. The number of fused-ring (bicyclic) bond motifs is 1. The van der Waals surface area contributed by atoms with Crippen molar-refractivity contribution in [3.05, 3.63) is 76.1 Å². The summed E-state index contributed by atoms with van der Waals surface area (Å²) in [6.45, 7) is 3.63. The largest absolute Gasteiger partial charge is 0.507 e. The lowest BCUT2D eigenvalue weighted by atomic mass is 9.68. The second kappa shape index (κ2) is 8.42. The highest BCUT2D eigenvalue weighted by molar-refractivity contribution is 5.86. The lowest BCUT2D eigenvalue weighted by molar-refractivity contribution is -0.118. The van der Waals surface area contributed by atoms with Gasteiger partial charge in [0.25, 0.3) is 0 Å². The van der Waals surface area contributed by atoms with Gasteiger partial charge >= 0.3 is 5.63 Å². The Labute approximate surface area is 164 Å². The van der Waals surface area contributed by atoms with Crippen molar-refractivity contribution in [2.45, 2.75) is 51.4 Å². The van der Waals surface area contributed by atoms with Gasteiger partial charge in [-0.2, -0.15) is 0 Å². The van der Waals surface area contributed by atoms with E-state index in [1.54, 1.807) is 24.3 Å². The maximum absolute atomic E-state index is 13.1. The highest BCUT2D eigenvalue weighted by Gasteiger charge is 2.41. The van der Waals surface area contributed by atoms with Gasteiger partial charge in [-0.25, -0.2) is 4.79 Å². The van der Waals surface area contributed by atoms with Gasteiger partial charge < -0.3 is 9.52 Å². The van der Waals surface area contributed by atoms with Crippen molar-refractivity contribution in [3.63, 3.8) is 0 Å². The van der Waals surface area contributed by atoms with Crippen LogP contribution in [0.15, 0.2) is 63.8 Å². The third-order valence-corrected chi connectivity index (χ3v) is 5.35. The molecule has 1 heterocycles. The smallest absolute Gasteiger partial charge is 0.344 e. The highest BCUT2D eigenvalue weighted by atomic mass is 16.4. The predicted molar refractivity (Wildman–Crippen MR) is 111 cm³/mol. The Kier molecular flexibility index (Phi) is 5.98. The average molecular weight is 378 g/mol. The van der Waals surface area contributed by atoms with E-state index in [-0.39, 0.29) is 23.5 Å². The molecule has 0 aliphatic heterocycles. The van der Waals surface area contributed by atoms with Crippen LogP contribution >= 0.6 is 0 Å². The number of carbonyl (C=O) groups excluding carboxylic acids is 1. The zero-order chi connectivity index (χ0) is 20.1. The Morgan fingerprint density at radius 1 is 1.04 bits per heavy atom. The summed E-state index contributed by atoms with van der Waals surface area (Å²) in [6, 6.07) is 16.5. The van der Waals surface area contributed by atoms with Crippen LogP contribution in [0.3, 0.4) is 0 Å². The van der Waals surface area contributed by atoms with Gasteiger partial charge in [0.05, 0.1) is 10.9 Å². The van der Waals surface area contributed by atoms with E-state index in [0.29, 0.717) is 17.4 Å². The van der Waals surface area contributed by atoms with E-state index in [2.05, 4.69) is 6.92 Å². The van der Waals surface area contributed by atoms with Crippen LogP contribution in [0.2, 0.25) is 0 Å². The second-order valence-electron chi connectivity index (χ2n) is 7.39. The number of benzene rings is 2. The van der Waals surface area contributed by atoms with Crippen LogP contribution in [-0.4, -0.2) is 10.9 Å². The van der Waals surface area contributed by atoms with E-state index in [1.807, 2.05) is 30.3 Å². The molecule has 0 fully saturated rings. The van der Waals surface area contributed by atoms with Gasteiger partial charge in [0.2, 0.25) is 0 Å². The number of aromatic hydroxyl groups is 1. The van der Waals surface area contributed by atoms with E-state index >= 15 is 0 Å². The molecule has 28 heavy (non-hydrogen) atoms. The monoisotopic (exact) mass is 378 g/mol. The Balaban J connectivity index is 2.33. The summed E-state index contributed by atoms with van der Waals surface area (Å²) in [5.41, 5.74) is -0.135. The van der Waals surface area contributed by atoms with Crippen LogP contribution in [0.1, 0.15) is 57.1 Å². The second-order valence-corrected chi connectivity index (χ2v) is 7.39. The van der Waals surface area contributed by atoms with Crippen LogP contribution in [-0.2, 0) is 10.2 Å². The van der Waals surface area contributed by atoms with E-state index < -0.39 is 11.0 Å². The molecule has 4 heteroatoms. The standard InChI is InChI=1S/C24H26O4/c1-3-4-10-15-24(16-17(2)25,18-11-6-5-7-12-18)21-22(26)19-13-8-9-14-20(19)28-23(21)27/h5-9,11-14,26H,3-4,10,15-16H2,1-2H3. The molecule has 1 N–H and O–H groups in total. The molecule has 0 aliphatic rings. The Hall–Kier alpha value is -2.88. The number of hydrogen-bond donors (Lipinski definition) is 1. The number of hydrogen-bond acceptors (Lipinski definition) is 4. The Morgan fingerprint density at radius 3 is 2.39 bits per heavy atom. The van der Waals surface area contributed by atoms with E-state index in [0.717, 1.165) is 24.8 Å². The SMILES string of the molecule is CCCCCC(CC(C)=O)(c1ccccc1)c1c(O)c2ccccc2oc1=O. The summed E-state index contributed by atoms with van der Waals surface area (Å²) in [6.07, 6.45) is 3.55. The number of carbonyl (C=O) groups is 1. The van der Waals surface area contributed by atoms with Crippen LogP contribution < -0.4 is 5.63 Å². The molecule has 146 valence electrons. The summed E-state index contributed by atoms with van der Waals surface area (Å²) < 4.78 is 5.56. The third-order valence-electron chi connectivity index (χ3n) is 5.35. The fourth-order valence-electron chi connectivity index (χ4n) is 4.11. The van der Waals surface area contributed by atoms with E-state index in [9.17, 15) is 14.7 Å². The van der Waals surface area contributed by atoms with Crippen LogP contribution in [0, 0.1) is 0 Å². The van der Waals surface area contributed by atoms with E-state index in [1.165, 1.54) is 6.92 Å². The number of ketones is 1. The zero-order valence-corrected chi connectivity index (χ0v) is 16.4. The van der Waals surface area contributed by atoms with Crippen molar-refractivity contribution in [1.29, 1.82) is 0 Å². The van der Waals surface area contributed by atoms with Crippen LogP contribution in [0.25, 0.3) is 11.0 Å². The molecule has 0 saturated heterocycles. The van der Waals surface area contributed by atoms with Crippen molar-refractivity contribution in [2.24, 2.45) is 0 Å². The number of para-hydroxylation sites is 1. The minimum absolute atomic E-state index is 0.0349. The summed E-state index contributed by atoms with van der Waals surface area (Å²) in [4.78, 5) is 25.4. The quantitative estimate of drug-likeness (QED) is 0.424. The topological polar surface area (TPSA) is 67.5 Å². The minimum Gasteiger partial charge on any atom is -0.507 e. The normalized spacial score (nSPS) is 13.4. The van der Waals surface area contributed by atoms with Gasteiger partial charge in [0.15, 0.2) is 0 Å². The summed E-state index contributed by atoms with van der Waals surface area (Å²) in [7, 11) is 0. The molecule has 0 spiro atoms. The summed E-state index contributed by atoms with van der Waals surface area (Å²) in [5.74, 6) is -0.124. The van der Waals surface area contributed by atoms with Gasteiger partial charge in [0, 0.05) is 11.8 Å². The fraction of sp³-hybridized carbons (Fsp3) is 0.333. The lowest BCUT2D eigenvalue weighted by Crippen LogP contribution is -2.35. The lowest BCUT2D eigenvalue weighted by Gasteiger charge is -2.34. The first-order valence-corrected chi connectivity index (χ1v) is 9.80. The molecule has 0 radical (unpaired) electrons. The van der Waals surface area contributed by atoms with Gasteiger partial charge in [0.1, 0.15) is 17.1 Å². The van der Waals surface area contributed by atoms with Gasteiger partial charge in [-0.05, 0) is 31.0 Å². The Bertz CT molecular complexity index is 1020. The number of unbranched alkanes of at least 4 members (excludes halogenated alkanes) is 2. The molecule has 0 amide bonds. The molecular formula is C24H26O4. The van der Waals surface area contributed by atoms with Crippen molar-refractivity contribution < 1.29 is 14.3 Å². The fourth-order valence-corrected chi connectivity index (χ4v) is 4.11. The molecular weight excluding hydrogens is 352 g/mol. The molecule has 2 aromatic carbocycles. The first-order chi connectivity index (χ1) is 13.5. The molecule has 1 atom stereocenters. The molecule has 1 aromatic heterocycles. The van der Waals surface area contributed by atoms with Gasteiger partial charge in [-0.1, -0.05) is 68.7 Å². The maximum atomic E-state index is 13.1. The Morgan fingerprint density at radius 2 is 1.71 bits per heavy atom.